The molecule has 0 aliphatic rings. The second kappa shape index (κ2) is 6.72. The lowest BCUT2D eigenvalue weighted by Gasteiger charge is -2.20. The molecule has 0 spiro atoms. The van der Waals surface area contributed by atoms with Gasteiger partial charge in [-0.3, -0.25) is 9.78 Å². The number of hydrogen-bond acceptors (Lipinski definition) is 3. The molecule has 0 fully saturated rings. The van der Waals surface area contributed by atoms with Crippen molar-refractivity contribution in [3.8, 4) is 11.5 Å². The van der Waals surface area contributed by atoms with Gasteiger partial charge in [0, 0.05) is 37.6 Å². The molecule has 112 valence electrons. The van der Waals surface area contributed by atoms with E-state index in [1.807, 2.05) is 42.8 Å². The average molecular weight is 307 g/mol. The summed E-state index contributed by atoms with van der Waals surface area (Å²) >= 11 is 5.79. The third-order valence-corrected chi connectivity index (χ3v) is 3.86. The maximum Gasteiger partial charge on any atom is 0.226 e. The van der Waals surface area contributed by atoms with Gasteiger partial charge in [0.25, 0.3) is 0 Å². The number of nitrogens with zero attached hydrogens (tertiary/aromatic N) is 3. The minimum Gasteiger partial charge on any atom is -0.354 e. The summed E-state index contributed by atoms with van der Waals surface area (Å²) < 4.78 is 1.97. The highest BCUT2D eigenvalue weighted by Crippen LogP contribution is 2.17. The van der Waals surface area contributed by atoms with Crippen LogP contribution in [0.25, 0.3) is 11.5 Å². The molecule has 0 radical (unpaired) electrons. The van der Waals surface area contributed by atoms with Crippen molar-refractivity contribution in [3.63, 3.8) is 0 Å². The second-order valence-corrected chi connectivity index (χ2v) is 5.70. The molecule has 0 aliphatic heterocycles. The van der Waals surface area contributed by atoms with Crippen LogP contribution in [0.2, 0.25) is 0 Å². The van der Waals surface area contributed by atoms with Crippen LogP contribution in [0.1, 0.15) is 13.8 Å². The molecule has 1 amide bonds. The largest absolute Gasteiger partial charge is 0.354 e. The lowest BCUT2D eigenvalue weighted by Crippen LogP contribution is -2.39. The van der Waals surface area contributed by atoms with Gasteiger partial charge in [0.15, 0.2) is 5.82 Å². The normalized spacial score (nSPS) is 11.4. The van der Waals surface area contributed by atoms with E-state index < -0.39 is 5.41 Å². The summed E-state index contributed by atoms with van der Waals surface area (Å²) in [7, 11) is 0. The summed E-state index contributed by atoms with van der Waals surface area (Å²) in [6.07, 6.45) is 5.34. The summed E-state index contributed by atoms with van der Waals surface area (Å²) in [6, 6.07) is 5.70. The lowest BCUT2D eigenvalue weighted by atomic mass is 9.95. The van der Waals surface area contributed by atoms with Gasteiger partial charge in [-0.05, 0) is 26.0 Å². The zero-order valence-corrected chi connectivity index (χ0v) is 13.0. The van der Waals surface area contributed by atoms with Gasteiger partial charge in [-0.25, -0.2) is 4.98 Å². The molecule has 6 heteroatoms. The van der Waals surface area contributed by atoms with Crippen LogP contribution in [0.5, 0.6) is 0 Å². The Balaban J connectivity index is 1.97. The van der Waals surface area contributed by atoms with E-state index >= 15 is 0 Å². The fourth-order valence-corrected chi connectivity index (χ4v) is 1.93. The molecule has 0 aliphatic carbocycles. The van der Waals surface area contributed by atoms with Crippen LogP contribution in [0.3, 0.4) is 0 Å². The number of aromatic nitrogens is 3. The zero-order valence-electron chi connectivity index (χ0n) is 12.2. The van der Waals surface area contributed by atoms with E-state index in [0.29, 0.717) is 19.0 Å². The molecule has 0 saturated heterocycles. The second-order valence-electron chi connectivity index (χ2n) is 5.43. The van der Waals surface area contributed by atoms with Crippen molar-refractivity contribution in [2.45, 2.75) is 20.4 Å². The maximum atomic E-state index is 11.9. The van der Waals surface area contributed by atoms with Gasteiger partial charge in [-0.2, -0.15) is 0 Å². The van der Waals surface area contributed by atoms with E-state index in [4.69, 9.17) is 11.6 Å². The van der Waals surface area contributed by atoms with E-state index in [0.717, 1.165) is 11.5 Å². The standard InChI is InChI=1S/C15H19ClN4O/c1-15(2,11-16)14(21)19-8-10-20-9-7-18-13(20)12-5-3-4-6-17-12/h3-7,9H,8,10-11H2,1-2H3,(H,19,21). The highest BCUT2D eigenvalue weighted by molar-refractivity contribution is 6.19. The Morgan fingerprint density at radius 3 is 2.81 bits per heavy atom. The molecule has 5 nitrogen and oxygen atoms in total. The van der Waals surface area contributed by atoms with E-state index in [1.54, 1.807) is 12.4 Å². The zero-order chi connectivity index (χ0) is 15.3. The lowest BCUT2D eigenvalue weighted by molar-refractivity contribution is -0.128. The van der Waals surface area contributed by atoms with Crippen molar-refractivity contribution in [2.75, 3.05) is 12.4 Å². The first-order valence-corrected chi connectivity index (χ1v) is 7.35. The molecule has 2 rings (SSSR count). The molecule has 2 heterocycles. The SMILES string of the molecule is CC(C)(CCl)C(=O)NCCn1ccnc1-c1ccccn1. The molecule has 0 saturated carbocycles. The Labute approximate surface area is 129 Å². The van der Waals surface area contributed by atoms with Crippen LogP contribution in [0.4, 0.5) is 0 Å². The van der Waals surface area contributed by atoms with Crippen molar-refractivity contribution in [2.24, 2.45) is 5.41 Å². The highest BCUT2D eigenvalue weighted by Gasteiger charge is 2.25. The van der Waals surface area contributed by atoms with Gasteiger partial charge < -0.3 is 9.88 Å². The fourth-order valence-electron chi connectivity index (χ4n) is 1.81. The first kappa shape index (κ1) is 15.5. The van der Waals surface area contributed by atoms with E-state index in [-0.39, 0.29) is 5.91 Å². The van der Waals surface area contributed by atoms with E-state index in [1.165, 1.54) is 0 Å². The Kier molecular flexibility index (Phi) is 4.96. The van der Waals surface area contributed by atoms with Gasteiger partial charge in [-0.15, -0.1) is 11.6 Å². The predicted octanol–water partition coefficient (Wildman–Crippen LogP) is 2.33. The van der Waals surface area contributed by atoms with Crippen LogP contribution >= 0.6 is 11.6 Å². The number of rotatable bonds is 6. The number of amides is 1. The predicted molar refractivity (Wildman–Crippen MR) is 83.0 cm³/mol. The summed E-state index contributed by atoms with van der Waals surface area (Å²) in [5.74, 6) is 1.04. The number of carbonyl (C=O) groups is 1. The Bertz CT molecular complexity index is 595. The monoisotopic (exact) mass is 306 g/mol. The summed E-state index contributed by atoms with van der Waals surface area (Å²) in [5, 5.41) is 2.90. The molecule has 0 unspecified atom stereocenters. The van der Waals surface area contributed by atoms with Crippen LogP contribution in [0, 0.1) is 5.41 Å². The van der Waals surface area contributed by atoms with Crippen molar-refractivity contribution in [1.82, 2.24) is 19.9 Å². The molecular formula is C15H19ClN4O. The first-order chi connectivity index (χ1) is 10.0. The number of imidazole rings is 1. The van der Waals surface area contributed by atoms with Crippen molar-refractivity contribution < 1.29 is 4.79 Å². The Hall–Kier alpha value is -1.88. The van der Waals surface area contributed by atoms with Crippen molar-refractivity contribution in [3.05, 3.63) is 36.8 Å². The van der Waals surface area contributed by atoms with Gasteiger partial charge in [-0.1, -0.05) is 6.07 Å². The van der Waals surface area contributed by atoms with Crippen LogP contribution < -0.4 is 5.32 Å². The van der Waals surface area contributed by atoms with Gasteiger partial charge in [0.1, 0.15) is 5.69 Å². The van der Waals surface area contributed by atoms with Crippen LogP contribution in [0.15, 0.2) is 36.8 Å². The molecule has 0 bridgehead atoms. The number of hydrogen-bond donors (Lipinski definition) is 1. The summed E-state index contributed by atoms with van der Waals surface area (Å²) in [5.41, 5.74) is 0.259. The topological polar surface area (TPSA) is 59.8 Å². The van der Waals surface area contributed by atoms with Crippen molar-refractivity contribution >= 4 is 17.5 Å². The summed E-state index contributed by atoms with van der Waals surface area (Å²) in [4.78, 5) is 20.6. The van der Waals surface area contributed by atoms with Crippen LogP contribution in [-0.2, 0) is 11.3 Å². The first-order valence-electron chi connectivity index (χ1n) is 6.81. The third kappa shape index (κ3) is 3.82. The number of alkyl halides is 1. The Morgan fingerprint density at radius 2 is 2.14 bits per heavy atom. The van der Waals surface area contributed by atoms with Gasteiger partial charge in [0.2, 0.25) is 5.91 Å². The van der Waals surface area contributed by atoms with Gasteiger partial charge in [0.05, 0.1) is 5.41 Å². The third-order valence-electron chi connectivity index (χ3n) is 3.20. The smallest absolute Gasteiger partial charge is 0.226 e. The number of pyridine rings is 1. The summed E-state index contributed by atoms with van der Waals surface area (Å²) in [6.45, 7) is 4.81. The van der Waals surface area contributed by atoms with E-state index in [9.17, 15) is 4.79 Å². The van der Waals surface area contributed by atoms with E-state index in [2.05, 4.69) is 15.3 Å². The number of halogens is 1. The molecule has 1 N–H and O–H groups in total. The van der Waals surface area contributed by atoms with Gasteiger partial charge >= 0.3 is 0 Å². The minimum absolute atomic E-state index is 0.0444. The average Bonchev–Trinajstić information content (AvgIpc) is 2.96. The molecule has 0 atom stereocenters. The molecule has 21 heavy (non-hydrogen) atoms. The Morgan fingerprint density at radius 1 is 1.33 bits per heavy atom. The molecule has 2 aromatic rings. The molecule has 2 aromatic heterocycles. The minimum atomic E-state index is -0.555. The quantitative estimate of drug-likeness (QED) is 0.833. The molecule has 0 aromatic carbocycles. The highest BCUT2D eigenvalue weighted by atomic mass is 35.5. The number of nitrogens with one attached hydrogen (secondary N) is 1. The van der Waals surface area contributed by atoms with Crippen molar-refractivity contribution in [1.29, 1.82) is 0 Å². The van der Waals surface area contributed by atoms with Crippen LogP contribution in [-0.4, -0.2) is 32.9 Å². The number of carbonyl (C=O) groups excluding carboxylic acids is 1. The fraction of sp³-hybridized carbons (Fsp3) is 0.400. The maximum absolute atomic E-state index is 11.9. The molecular weight excluding hydrogens is 288 g/mol.